The lowest BCUT2D eigenvalue weighted by Crippen LogP contribution is -2.38. The van der Waals surface area contributed by atoms with E-state index in [1.165, 1.54) is 0 Å². The van der Waals surface area contributed by atoms with Crippen molar-refractivity contribution >= 4 is 26.6 Å². The minimum absolute atomic E-state index is 0.230. The Morgan fingerprint density at radius 2 is 1.90 bits per heavy atom. The van der Waals surface area contributed by atoms with Crippen LogP contribution in [0, 0.1) is 6.92 Å². The van der Waals surface area contributed by atoms with Crippen molar-refractivity contribution in [2.75, 3.05) is 24.2 Å². The summed E-state index contributed by atoms with van der Waals surface area (Å²) in [7, 11) is -4.00. The molecule has 0 amide bonds. The van der Waals surface area contributed by atoms with E-state index in [0.717, 1.165) is 31.5 Å². The Balaban J connectivity index is 1.45. The van der Waals surface area contributed by atoms with E-state index in [4.69, 9.17) is 9.72 Å². The van der Waals surface area contributed by atoms with E-state index in [2.05, 4.69) is 20.6 Å². The van der Waals surface area contributed by atoms with Gasteiger partial charge in [-0.15, -0.1) is 0 Å². The monoisotopic (exact) mass is 585 g/mol. The molecule has 216 valence electrons. The summed E-state index contributed by atoms with van der Waals surface area (Å²) in [5.41, 5.74) is 2.44. The molecule has 0 bridgehead atoms. The molecule has 0 spiro atoms. The number of aromatic nitrogens is 3. The zero-order valence-electron chi connectivity index (χ0n) is 22.4. The van der Waals surface area contributed by atoms with Gasteiger partial charge in [-0.3, -0.25) is 0 Å². The molecule has 0 saturated carbocycles. The number of halogens is 3. The third-order valence-electron chi connectivity index (χ3n) is 6.90. The Bertz CT molecular complexity index is 1640. The van der Waals surface area contributed by atoms with Gasteiger partial charge >= 0.3 is 6.18 Å². The molecular weight excluding hydrogens is 555 g/mol. The predicted octanol–water partition coefficient (Wildman–Crippen LogP) is 5.82. The first-order valence-electron chi connectivity index (χ1n) is 13.3. The molecule has 1 aliphatic rings. The fourth-order valence-corrected chi connectivity index (χ4v) is 6.26. The standard InChI is InChI=1S/C29H30F3N5O3S/c1-19-9-10-22-20(18-41(38,39)16-12-29(30,31)32)5-2-7-23(22)26(19)40-27-24(8-4-14-34-27)25-11-15-35-28(37-25)36-21-6-3-13-33-17-21/h2,4-5,7-11,14-15,21,33H,3,6,12-13,16-18H2,1H3,(H,35,36,37)/t21-/m0/s1. The summed E-state index contributed by atoms with van der Waals surface area (Å²) in [5.74, 6) is -0.200. The molecule has 41 heavy (non-hydrogen) atoms. The van der Waals surface area contributed by atoms with E-state index in [-0.39, 0.29) is 6.04 Å². The molecule has 0 unspecified atom stereocenters. The normalized spacial score (nSPS) is 16.0. The average Bonchev–Trinajstić information content (AvgIpc) is 2.94. The first kappa shape index (κ1) is 28.7. The van der Waals surface area contributed by atoms with Gasteiger partial charge in [0.05, 0.1) is 29.2 Å². The number of ether oxygens (including phenoxy) is 1. The van der Waals surface area contributed by atoms with Crippen molar-refractivity contribution in [3.63, 3.8) is 0 Å². The number of fused-ring (bicyclic) bond motifs is 1. The second-order valence-corrected chi connectivity index (χ2v) is 12.3. The van der Waals surface area contributed by atoms with Gasteiger partial charge in [-0.2, -0.15) is 13.2 Å². The zero-order chi connectivity index (χ0) is 29.0. The molecule has 1 atom stereocenters. The van der Waals surface area contributed by atoms with E-state index in [1.54, 1.807) is 54.9 Å². The van der Waals surface area contributed by atoms with E-state index in [9.17, 15) is 21.6 Å². The van der Waals surface area contributed by atoms with E-state index < -0.39 is 33.9 Å². The van der Waals surface area contributed by atoms with Crippen LogP contribution < -0.4 is 15.4 Å². The summed E-state index contributed by atoms with van der Waals surface area (Å²) < 4.78 is 69.4. The van der Waals surface area contributed by atoms with E-state index >= 15 is 0 Å². The molecule has 4 aromatic rings. The Labute approximate surface area is 236 Å². The highest BCUT2D eigenvalue weighted by Crippen LogP contribution is 2.38. The Kier molecular flexibility index (Phi) is 8.41. The Morgan fingerprint density at radius 1 is 1.05 bits per heavy atom. The van der Waals surface area contributed by atoms with Crippen LogP contribution in [0.3, 0.4) is 0 Å². The maximum absolute atomic E-state index is 12.7. The molecule has 0 radical (unpaired) electrons. The van der Waals surface area contributed by atoms with Gasteiger partial charge < -0.3 is 15.4 Å². The molecule has 8 nitrogen and oxygen atoms in total. The fraction of sp³-hybridized carbons (Fsp3) is 0.345. The molecule has 5 rings (SSSR count). The second-order valence-electron chi connectivity index (χ2n) is 10.1. The highest BCUT2D eigenvalue weighted by atomic mass is 32.2. The number of anilines is 1. The van der Waals surface area contributed by atoms with Crippen LogP contribution in [0.25, 0.3) is 22.0 Å². The molecule has 2 aromatic carbocycles. The number of hydrogen-bond donors (Lipinski definition) is 2. The third-order valence-corrected chi connectivity index (χ3v) is 8.48. The van der Waals surface area contributed by atoms with Crippen LogP contribution >= 0.6 is 0 Å². The number of hydrogen-bond acceptors (Lipinski definition) is 8. The van der Waals surface area contributed by atoms with Gasteiger partial charge in [-0.25, -0.2) is 23.4 Å². The van der Waals surface area contributed by atoms with Crippen molar-refractivity contribution in [3.05, 3.63) is 72.1 Å². The molecule has 1 saturated heterocycles. The van der Waals surface area contributed by atoms with Crippen molar-refractivity contribution in [2.45, 2.75) is 44.2 Å². The predicted molar refractivity (Wildman–Crippen MR) is 152 cm³/mol. The average molecular weight is 586 g/mol. The topological polar surface area (TPSA) is 106 Å². The number of aryl methyl sites for hydroxylation is 1. The largest absolute Gasteiger partial charge is 0.437 e. The van der Waals surface area contributed by atoms with Gasteiger partial charge in [-0.1, -0.05) is 30.3 Å². The van der Waals surface area contributed by atoms with Crippen LogP contribution in [0.15, 0.2) is 60.9 Å². The van der Waals surface area contributed by atoms with Crippen molar-refractivity contribution in [3.8, 4) is 22.9 Å². The number of nitrogens with one attached hydrogen (secondary N) is 2. The zero-order valence-corrected chi connectivity index (χ0v) is 23.2. The Morgan fingerprint density at radius 3 is 2.68 bits per heavy atom. The number of alkyl halides is 3. The van der Waals surface area contributed by atoms with Gasteiger partial charge in [0, 0.05) is 30.4 Å². The van der Waals surface area contributed by atoms with E-state index in [0.29, 0.717) is 45.2 Å². The molecular formula is C29H30F3N5O3S. The summed E-state index contributed by atoms with van der Waals surface area (Å²) >= 11 is 0. The molecule has 1 fully saturated rings. The van der Waals surface area contributed by atoms with Crippen molar-refractivity contribution < 1.29 is 26.3 Å². The molecule has 1 aliphatic heterocycles. The van der Waals surface area contributed by atoms with E-state index in [1.807, 2.05) is 13.0 Å². The number of sulfone groups is 1. The first-order chi connectivity index (χ1) is 19.6. The van der Waals surface area contributed by atoms with Crippen LogP contribution in [0.2, 0.25) is 0 Å². The lowest BCUT2D eigenvalue weighted by atomic mass is 10.0. The van der Waals surface area contributed by atoms with Gasteiger partial charge in [0.2, 0.25) is 11.8 Å². The van der Waals surface area contributed by atoms with Crippen molar-refractivity contribution in [2.24, 2.45) is 0 Å². The minimum atomic E-state index is -4.54. The lowest BCUT2D eigenvalue weighted by Gasteiger charge is -2.23. The third kappa shape index (κ3) is 7.31. The van der Waals surface area contributed by atoms with Crippen LogP contribution in [0.4, 0.5) is 19.1 Å². The Hall–Kier alpha value is -3.77. The summed E-state index contributed by atoms with van der Waals surface area (Å²) in [4.78, 5) is 13.5. The summed E-state index contributed by atoms with van der Waals surface area (Å²) in [6.07, 6.45) is -0.554. The maximum atomic E-state index is 12.7. The molecule has 0 aliphatic carbocycles. The highest BCUT2D eigenvalue weighted by molar-refractivity contribution is 7.90. The minimum Gasteiger partial charge on any atom is -0.437 e. The summed E-state index contributed by atoms with van der Waals surface area (Å²) in [6.45, 7) is 3.69. The number of benzene rings is 2. The summed E-state index contributed by atoms with van der Waals surface area (Å²) in [5, 5.41) is 7.94. The molecule has 2 aromatic heterocycles. The smallest absolute Gasteiger partial charge is 0.390 e. The van der Waals surface area contributed by atoms with Crippen LogP contribution in [0.1, 0.15) is 30.4 Å². The number of pyridine rings is 1. The number of rotatable bonds is 9. The molecule has 12 heteroatoms. The van der Waals surface area contributed by atoms with Gasteiger partial charge in [0.1, 0.15) is 5.75 Å². The molecule has 2 N–H and O–H groups in total. The number of piperidine rings is 1. The lowest BCUT2D eigenvalue weighted by molar-refractivity contribution is -0.129. The maximum Gasteiger partial charge on any atom is 0.390 e. The van der Waals surface area contributed by atoms with Gasteiger partial charge in [-0.05, 0) is 61.0 Å². The molecule has 3 heterocycles. The van der Waals surface area contributed by atoms with Crippen molar-refractivity contribution in [1.29, 1.82) is 0 Å². The van der Waals surface area contributed by atoms with Gasteiger partial charge in [0.25, 0.3) is 0 Å². The first-order valence-corrected chi connectivity index (χ1v) is 15.1. The van der Waals surface area contributed by atoms with Crippen molar-refractivity contribution in [1.82, 2.24) is 20.3 Å². The summed E-state index contributed by atoms with van der Waals surface area (Å²) in [6, 6.07) is 14.2. The highest BCUT2D eigenvalue weighted by Gasteiger charge is 2.30. The van der Waals surface area contributed by atoms with Crippen LogP contribution in [-0.4, -0.2) is 54.4 Å². The number of nitrogens with zero attached hydrogens (tertiary/aromatic N) is 3. The van der Waals surface area contributed by atoms with Gasteiger partial charge in [0.15, 0.2) is 9.84 Å². The van der Waals surface area contributed by atoms with Crippen LogP contribution in [0.5, 0.6) is 11.6 Å². The second kappa shape index (κ2) is 12.0. The fourth-order valence-electron chi connectivity index (χ4n) is 4.85. The SMILES string of the molecule is Cc1ccc2c(CS(=O)(=O)CCC(F)(F)F)cccc2c1Oc1ncccc1-c1ccnc(N[C@H]2CCCNC2)n1. The quantitative estimate of drug-likeness (QED) is 0.253. The van der Waals surface area contributed by atoms with Crippen LogP contribution in [-0.2, 0) is 15.6 Å².